The Balaban J connectivity index is 0.556. The Morgan fingerprint density at radius 2 is 1.49 bits per heavy atom. The molecule has 1 aliphatic rings. The monoisotopic (exact) mass is 1300 g/mol. The van der Waals surface area contributed by atoms with E-state index in [-0.39, 0.29) is 83.1 Å². The number of hydrogen-bond donors (Lipinski definition) is 5. The third-order valence-electron chi connectivity index (χ3n) is 14.5. The number of anilines is 3. The van der Waals surface area contributed by atoms with E-state index in [1.807, 2.05) is 11.0 Å². The lowest BCUT2D eigenvalue weighted by Crippen LogP contribution is -2.50. The van der Waals surface area contributed by atoms with Crippen molar-refractivity contribution >= 4 is 86.4 Å². The third kappa shape index (κ3) is 18.9. The molecule has 6 heterocycles. The number of aliphatic carboxylic acids is 1. The summed E-state index contributed by atoms with van der Waals surface area (Å²) in [4.78, 5) is 82.9. The van der Waals surface area contributed by atoms with Gasteiger partial charge in [-0.2, -0.15) is 0 Å². The molecule has 2 amide bonds. The first-order chi connectivity index (χ1) is 44.6. The van der Waals surface area contributed by atoms with Crippen LogP contribution in [0, 0.1) is 25.1 Å². The quantitative estimate of drug-likeness (QED) is 0.0154. The van der Waals surface area contributed by atoms with Gasteiger partial charge in [-0.05, 0) is 86.3 Å². The van der Waals surface area contributed by atoms with E-state index >= 15 is 4.39 Å². The molecule has 0 saturated carbocycles. The molecule has 0 aliphatic carbocycles. The van der Waals surface area contributed by atoms with Gasteiger partial charge >= 0.3 is 5.97 Å². The number of nitrogens with zero attached hydrogens (tertiary/aromatic N) is 11. The van der Waals surface area contributed by atoms with Gasteiger partial charge < -0.3 is 59.7 Å². The number of nitrogen functional groups attached to an aromatic ring is 1. The summed E-state index contributed by atoms with van der Waals surface area (Å²) in [6, 6.07) is 15.8. The number of ether oxygens (including phenoxy) is 6. The van der Waals surface area contributed by atoms with Crippen molar-refractivity contribution in [2.75, 3.05) is 121 Å². The summed E-state index contributed by atoms with van der Waals surface area (Å²) in [7, 11) is 0. The Kier molecular flexibility index (Phi) is 24.6. The number of carbonyl (C=O) groups excluding carboxylic acids is 2. The van der Waals surface area contributed by atoms with Gasteiger partial charge in [-0.1, -0.05) is 28.9 Å². The summed E-state index contributed by atoms with van der Waals surface area (Å²) < 4.78 is 65.6. The molecule has 9 rings (SSSR count). The number of fused-ring (bicyclic) bond motifs is 2. The van der Waals surface area contributed by atoms with Gasteiger partial charge in [-0.3, -0.25) is 19.4 Å². The van der Waals surface area contributed by atoms with Crippen molar-refractivity contribution in [1.29, 1.82) is 0 Å². The molecule has 0 spiro atoms. The van der Waals surface area contributed by atoms with Crippen LogP contribution in [0.5, 0.6) is 0 Å². The van der Waals surface area contributed by atoms with Gasteiger partial charge in [0.1, 0.15) is 29.7 Å². The highest BCUT2D eigenvalue weighted by Crippen LogP contribution is 2.37. The van der Waals surface area contributed by atoms with Gasteiger partial charge in [-0.25, -0.2) is 48.0 Å². The normalized spacial score (nSPS) is 13.1. The molecular formula is C62H68ClF2N15O11S. The standard InChI is InChI=1S/C62H68ClF2N15O11S/c1-38(46-31-43(67-3)7-11-48(46)64)71-57-54(63)39(2)70-52-32-49(65)55(74-56(52)57)42-33-68-62(69-34-42)79-16-14-78(15-17-79)53(81)36-91-29-28-90-27-26-89-25-24-88-23-22-87-21-20-86-19-18-80-35-44(76-77-80)8-13-51(60(84)85)72-58(82)41-5-9-45(10-6-41)92-37-40-4-12-50-47(30-40)59(83)75-61(66)73-50/h4-7,9-12,30-35,38,51H,8,13-29,36-37H2,1-2H3,(H,70,71)(H,72,82)(H,84,85)(H3,66,73,75,83)/t38-,51+/m1/s1. The number of carboxylic acids is 1. The summed E-state index contributed by atoms with van der Waals surface area (Å²) in [6.45, 7) is 16.7. The minimum atomic E-state index is -1.17. The molecule has 0 bridgehead atoms. The predicted octanol–water partition coefficient (Wildman–Crippen LogP) is 7.02. The minimum Gasteiger partial charge on any atom is -0.480 e. The van der Waals surface area contributed by atoms with E-state index in [1.165, 1.54) is 48.4 Å². The van der Waals surface area contributed by atoms with Gasteiger partial charge in [0.25, 0.3) is 11.5 Å². The molecule has 2 atom stereocenters. The lowest BCUT2D eigenvalue weighted by Gasteiger charge is -2.34. The van der Waals surface area contributed by atoms with Crippen LogP contribution >= 0.6 is 23.4 Å². The van der Waals surface area contributed by atoms with Crippen molar-refractivity contribution in [1.82, 2.24) is 55.1 Å². The highest BCUT2D eigenvalue weighted by atomic mass is 35.5. The first-order valence-corrected chi connectivity index (χ1v) is 30.8. The summed E-state index contributed by atoms with van der Waals surface area (Å²) in [5.41, 5.74) is 9.68. The molecule has 3 aromatic carbocycles. The van der Waals surface area contributed by atoms with E-state index in [0.29, 0.717) is 143 Å². The second kappa shape index (κ2) is 33.5. The second-order valence-corrected chi connectivity index (χ2v) is 22.4. The van der Waals surface area contributed by atoms with E-state index in [1.54, 1.807) is 66.0 Å². The van der Waals surface area contributed by atoms with Gasteiger partial charge in [0.05, 0.1) is 130 Å². The number of benzene rings is 3. The van der Waals surface area contributed by atoms with Crippen molar-refractivity contribution < 1.29 is 56.7 Å². The summed E-state index contributed by atoms with van der Waals surface area (Å²) >= 11 is 8.23. The number of hydrogen-bond acceptors (Lipinski definition) is 21. The highest BCUT2D eigenvalue weighted by molar-refractivity contribution is 7.98. The number of thioether (sulfide) groups is 1. The average molecular weight is 1300 g/mol. The number of rotatable bonds is 34. The molecule has 26 nitrogen and oxygen atoms in total. The number of nitrogens with one attached hydrogen (secondary N) is 3. The molecule has 1 fully saturated rings. The predicted molar refractivity (Wildman–Crippen MR) is 339 cm³/mol. The van der Waals surface area contributed by atoms with Crippen molar-refractivity contribution in [3.63, 3.8) is 0 Å². The number of H-pyrrole nitrogens is 1. The lowest BCUT2D eigenvalue weighted by molar-refractivity contribution is -0.139. The van der Waals surface area contributed by atoms with Gasteiger partial charge in [-0.15, -0.1) is 16.9 Å². The number of nitrogens with two attached hydrogens (primary N) is 1. The topological polar surface area (TPSA) is 316 Å². The maximum Gasteiger partial charge on any atom is 0.326 e. The minimum absolute atomic E-state index is 0.0335. The molecule has 6 N–H and O–H groups in total. The van der Waals surface area contributed by atoms with E-state index < -0.39 is 35.6 Å². The molecule has 30 heteroatoms. The molecule has 8 aromatic rings. The molecule has 92 heavy (non-hydrogen) atoms. The highest BCUT2D eigenvalue weighted by Gasteiger charge is 2.26. The molecule has 0 radical (unpaired) electrons. The molecule has 1 saturated heterocycles. The van der Waals surface area contributed by atoms with E-state index in [4.69, 9.17) is 52.3 Å². The molecule has 5 aromatic heterocycles. The Morgan fingerprint density at radius 3 is 2.15 bits per heavy atom. The maximum atomic E-state index is 15.6. The lowest BCUT2D eigenvalue weighted by atomic mass is 10.1. The van der Waals surface area contributed by atoms with Crippen LogP contribution in [0.2, 0.25) is 5.02 Å². The van der Waals surface area contributed by atoms with Crippen LogP contribution in [-0.4, -0.2) is 184 Å². The van der Waals surface area contributed by atoms with Gasteiger partial charge in [0.15, 0.2) is 11.5 Å². The van der Waals surface area contributed by atoms with Crippen molar-refractivity contribution in [3.05, 3.63) is 152 Å². The smallest absolute Gasteiger partial charge is 0.326 e. The first kappa shape index (κ1) is 67.5. The van der Waals surface area contributed by atoms with Crippen LogP contribution < -0.4 is 26.8 Å². The third-order valence-corrected chi connectivity index (χ3v) is 16.1. The van der Waals surface area contributed by atoms with Crippen LogP contribution in [0.1, 0.15) is 52.3 Å². The number of carboxylic acid groups (broad SMARTS) is 1. The van der Waals surface area contributed by atoms with Crippen molar-refractivity contribution in [3.8, 4) is 11.3 Å². The Hall–Kier alpha value is -8.86. The molecule has 0 unspecified atom stereocenters. The van der Waals surface area contributed by atoms with Crippen LogP contribution in [0.4, 0.5) is 32.1 Å². The van der Waals surface area contributed by atoms with Crippen molar-refractivity contribution in [2.24, 2.45) is 0 Å². The van der Waals surface area contributed by atoms with Crippen LogP contribution in [0.3, 0.4) is 0 Å². The number of aromatic amines is 1. The zero-order valence-corrected chi connectivity index (χ0v) is 52.0. The molecule has 1 aliphatic heterocycles. The van der Waals surface area contributed by atoms with Crippen LogP contribution in [-0.2, 0) is 56.7 Å². The summed E-state index contributed by atoms with van der Waals surface area (Å²) in [5, 5.41) is 24.6. The zero-order chi connectivity index (χ0) is 64.9. The van der Waals surface area contributed by atoms with E-state index in [2.05, 4.69) is 55.7 Å². The zero-order valence-electron chi connectivity index (χ0n) is 50.4. The number of piperazine rings is 1. The largest absolute Gasteiger partial charge is 0.480 e. The first-order valence-electron chi connectivity index (χ1n) is 29.5. The average Bonchev–Trinajstić information content (AvgIpc) is 0.828. The Bertz CT molecular complexity index is 3930. The van der Waals surface area contributed by atoms with Crippen LogP contribution in [0.25, 0.3) is 38.0 Å². The SMILES string of the molecule is [C-]#[N+]c1ccc(F)c([C@@H](C)Nc2c(Cl)c(C)nc3cc(F)c(-c4cnc(N5CCN(C(=O)COCCOCCOCCOCCOCCOCCn6cc(CC[C@H](NC(=O)c7ccc(SCc8ccc9nc(N)[nH]c(=O)c9c8)cc7)C(=O)O)nn6)CC5)nc4)nc23)c1. The number of aromatic nitrogens is 9. The van der Waals surface area contributed by atoms with Crippen LogP contribution in [0.15, 0.2) is 95.0 Å². The fourth-order valence-corrected chi connectivity index (χ4v) is 10.6. The number of aryl methyl sites for hydroxylation is 2. The maximum absolute atomic E-state index is 15.6. The number of carbonyl (C=O) groups is 3. The second-order valence-electron chi connectivity index (χ2n) is 21.0. The van der Waals surface area contributed by atoms with E-state index in [9.17, 15) is 28.7 Å². The number of halogens is 3. The fraction of sp³-hybridized carbons (Fsp3) is 0.387. The Morgan fingerprint density at radius 1 is 0.826 bits per heavy atom. The van der Waals surface area contributed by atoms with E-state index in [0.717, 1.165) is 10.5 Å². The fourth-order valence-electron chi connectivity index (χ4n) is 9.61. The number of pyridine rings is 2. The number of amides is 2. The van der Waals surface area contributed by atoms with Gasteiger partial charge in [0.2, 0.25) is 17.8 Å². The molecular weight excluding hydrogens is 1240 g/mol. The van der Waals surface area contributed by atoms with Gasteiger partial charge in [0, 0.05) is 72.6 Å². The molecule has 484 valence electrons. The Labute approximate surface area is 536 Å². The van der Waals surface area contributed by atoms with Crippen molar-refractivity contribution in [2.45, 2.75) is 56.0 Å². The summed E-state index contributed by atoms with van der Waals surface area (Å²) in [6.07, 6.45) is 5.04. The summed E-state index contributed by atoms with van der Waals surface area (Å²) in [5.74, 6) is -1.96.